The van der Waals surface area contributed by atoms with E-state index in [-0.39, 0.29) is 0 Å². The number of aromatic amines is 1. The van der Waals surface area contributed by atoms with Crippen LogP contribution in [-0.4, -0.2) is 27.7 Å². The van der Waals surface area contributed by atoms with Crippen LogP contribution in [0.2, 0.25) is 5.02 Å². The van der Waals surface area contributed by atoms with E-state index >= 15 is 0 Å². The molecule has 4 aromatic rings. The van der Waals surface area contributed by atoms with E-state index in [1.165, 1.54) is 7.11 Å². The maximum absolute atomic E-state index is 11.6. The molecule has 0 aliphatic carbocycles. The molecule has 2 N–H and O–H groups in total. The number of aromatic nitrogens is 3. The number of nitrogens with one attached hydrogen (secondary N) is 2. The summed E-state index contributed by atoms with van der Waals surface area (Å²) in [6.07, 6.45) is 1.60. The van der Waals surface area contributed by atoms with E-state index in [1.807, 2.05) is 12.1 Å². The smallest absolute Gasteiger partial charge is 0.337 e. The molecule has 7 nitrogen and oxygen atoms in total. The number of benzene rings is 2. The minimum absolute atomic E-state index is 0.400. The Morgan fingerprint density at radius 1 is 1.21 bits per heavy atom. The molecule has 0 unspecified atom stereocenters. The van der Waals surface area contributed by atoms with Gasteiger partial charge in [-0.3, -0.25) is 5.10 Å². The number of fused-ring (bicyclic) bond motifs is 1. The van der Waals surface area contributed by atoms with Gasteiger partial charge in [0.15, 0.2) is 11.5 Å². The number of nitriles is 1. The number of carbonyl (C=O) groups is 1. The van der Waals surface area contributed by atoms with Gasteiger partial charge in [-0.15, -0.1) is 0 Å². The summed E-state index contributed by atoms with van der Waals surface area (Å²) < 4.78 is 6.43. The molecule has 138 valence electrons. The van der Waals surface area contributed by atoms with E-state index in [0.29, 0.717) is 33.3 Å². The number of methoxy groups -OCH3 is 1. The molecule has 0 radical (unpaired) electrons. The highest BCUT2D eigenvalue weighted by atomic mass is 35.5. The van der Waals surface area contributed by atoms with Crippen molar-refractivity contribution >= 4 is 34.7 Å². The van der Waals surface area contributed by atoms with Crippen molar-refractivity contribution in [3.05, 3.63) is 70.9 Å². The van der Waals surface area contributed by atoms with Gasteiger partial charge in [0, 0.05) is 22.5 Å². The molecule has 28 heavy (non-hydrogen) atoms. The molecular formula is C20H14ClN5O2. The van der Waals surface area contributed by atoms with Crippen molar-refractivity contribution in [2.24, 2.45) is 0 Å². The molecule has 0 amide bonds. The van der Waals surface area contributed by atoms with Gasteiger partial charge in [-0.2, -0.15) is 5.26 Å². The minimum atomic E-state index is -0.400. The van der Waals surface area contributed by atoms with E-state index in [2.05, 4.69) is 21.5 Å². The second-order valence-corrected chi connectivity index (χ2v) is 6.40. The Labute approximate surface area is 165 Å². The van der Waals surface area contributed by atoms with Crippen molar-refractivity contribution in [3.8, 4) is 17.3 Å². The Morgan fingerprint density at radius 3 is 2.57 bits per heavy atom. The fraction of sp³-hybridized carbons (Fsp3) is 0.0500. The van der Waals surface area contributed by atoms with Crippen molar-refractivity contribution < 1.29 is 9.53 Å². The van der Waals surface area contributed by atoms with Gasteiger partial charge < -0.3 is 10.1 Å². The first kappa shape index (κ1) is 17.6. The van der Waals surface area contributed by atoms with Crippen LogP contribution in [0.5, 0.6) is 0 Å². The summed E-state index contributed by atoms with van der Waals surface area (Å²) in [5.74, 6) is 0.257. The monoisotopic (exact) mass is 391 g/mol. The van der Waals surface area contributed by atoms with E-state index in [9.17, 15) is 10.1 Å². The number of imidazole rings is 1. The van der Waals surface area contributed by atoms with E-state index in [0.717, 1.165) is 11.3 Å². The topological polar surface area (TPSA) is 95.2 Å². The van der Waals surface area contributed by atoms with Gasteiger partial charge in [0.05, 0.1) is 12.7 Å². The third-order valence-corrected chi connectivity index (χ3v) is 4.52. The second kappa shape index (κ2) is 7.10. The van der Waals surface area contributed by atoms with Crippen LogP contribution in [0, 0.1) is 11.3 Å². The van der Waals surface area contributed by atoms with Crippen molar-refractivity contribution in [1.29, 1.82) is 5.26 Å². The lowest BCUT2D eigenvalue weighted by Crippen LogP contribution is -2.02. The van der Waals surface area contributed by atoms with Crippen molar-refractivity contribution in [2.45, 2.75) is 0 Å². The number of ether oxygens (including phenoxy) is 1. The summed E-state index contributed by atoms with van der Waals surface area (Å²) in [6.45, 7) is 0. The molecule has 0 saturated heterocycles. The first-order valence-electron chi connectivity index (χ1n) is 8.32. The molecule has 0 saturated carbocycles. The Kier molecular flexibility index (Phi) is 4.47. The molecule has 2 aromatic carbocycles. The lowest BCUT2D eigenvalue weighted by atomic mass is 10.1. The number of carbonyl (C=O) groups excluding carboxylic acids is 1. The maximum Gasteiger partial charge on any atom is 0.337 e. The molecule has 0 aliphatic rings. The van der Waals surface area contributed by atoms with Crippen molar-refractivity contribution in [1.82, 2.24) is 14.6 Å². The van der Waals surface area contributed by atoms with Crippen LogP contribution in [0.1, 0.15) is 15.9 Å². The van der Waals surface area contributed by atoms with Crippen LogP contribution in [0.15, 0.2) is 54.7 Å². The average molecular weight is 392 g/mol. The predicted molar refractivity (Wildman–Crippen MR) is 106 cm³/mol. The van der Waals surface area contributed by atoms with Gasteiger partial charge in [-0.1, -0.05) is 23.7 Å². The van der Waals surface area contributed by atoms with Crippen molar-refractivity contribution in [2.75, 3.05) is 12.4 Å². The lowest BCUT2D eigenvalue weighted by Gasteiger charge is -2.09. The fourth-order valence-electron chi connectivity index (χ4n) is 2.87. The van der Waals surface area contributed by atoms with Gasteiger partial charge >= 0.3 is 5.97 Å². The standard InChI is InChI=1S/C20H14ClN5O2/c1-28-20(27)13-4-8-16(9-5-13)24-19-17(12-2-6-15(21)7-3-12)25-18-14(10-22)11-23-26(18)19/h2-9,11,23-24H,1H3. The zero-order chi connectivity index (χ0) is 19.7. The molecule has 0 spiro atoms. The molecule has 2 aromatic heterocycles. The SMILES string of the molecule is COC(=O)c1ccc(Nc2c(-c3ccc(Cl)cc3)nc3c(C#N)c[nH]n23)cc1. The number of halogens is 1. The summed E-state index contributed by atoms with van der Waals surface area (Å²) in [4.78, 5) is 16.2. The highest BCUT2D eigenvalue weighted by Crippen LogP contribution is 2.32. The first-order valence-corrected chi connectivity index (χ1v) is 8.70. The van der Waals surface area contributed by atoms with Crippen molar-refractivity contribution in [3.63, 3.8) is 0 Å². The second-order valence-electron chi connectivity index (χ2n) is 5.97. The first-order chi connectivity index (χ1) is 13.6. The lowest BCUT2D eigenvalue weighted by molar-refractivity contribution is 0.0601. The quantitative estimate of drug-likeness (QED) is 0.503. The number of rotatable bonds is 4. The van der Waals surface area contributed by atoms with E-state index in [4.69, 9.17) is 16.3 Å². The highest BCUT2D eigenvalue weighted by Gasteiger charge is 2.18. The highest BCUT2D eigenvalue weighted by molar-refractivity contribution is 6.30. The third kappa shape index (κ3) is 3.06. The number of H-pyrrole nitrogens is 1. The molecule has 4 rings (SSSR count). The van der Waals surface area contributed by atoms with Crippen LogP contribution in [0.3, 0.4) is 0 Å². The van der Waals surface area contributed by atoms with Gasteiger partial charge in [-0.05, 0) is 36.4 Å². The van der Waals surface area contributed by atoms with E-state index < -0.39 is 5.97 Å². The molecular weight excluding hydrogens is 378 g/mol. The van der Waals surface area contributed by atoms with Crippen LogP contribution >= 0.6 is 11.6 Å². The van der Waals surface area contributed by atoms with Crippen LogP contribution in [0.25, 0.3) is 16.9 Å². The molecule has 2 heterocycles. The summed E-state index contributed by atoms with van der Waals surface area (Å²) >= 11 is 6.00. The number of anilines is 2. The summed E-state index contributed by atoms with van der Waals surface area (Å²) in [7, 11) is 1.34. The fourth-order valence-corrected chi connectivity index (χ4v) is 3.00. The Bertz CT molecular complexity index is 1200. The number of nitrogens with zero attached hydrogens (tertiary/aromatic N) is 3. The van der Waals surface area contributed by atoms with Crippen LogP contribution in [0.4, 0.5) is 11.5 Å². The third-order valence-electron chi connectivity index (χ3n) is 4.26. The molecule has 0 aliphatic heterocycles. The van der Waals surface area contributed by atoms with Gasteiger partial charge in [0.1, 0.15) is 17.3 Å². The predicted octanol–water partition coefficient (Wildman–Crippen LogP) is 4.38. The normalized spacial score (nSPS) is 10.6. The number of esters is 1. The molecule has 0 fully saturated rings. The average Bonchev–Trinajstić information content (AvgIpc) is 3.28. The summed E-state index contributed by atoms with van der Waals surface area (Å²) in [6, 6.07) is 16.3. The minimum Gasteiger partial charge on any atom is -0.465 e. The van der Waals surface area contributed by atoms with Gasteiger partial charge in [0.25, 0.3) is 0 Å². The summed E-state index contributed by atoms with van der Waals surface area (Å²) in [5.41, 5.74) is 3.66. The van der Waals surface area contributed by atoms with Crippen LogP contribution < -0.4 is 5.32 Å². The Balaban J connectivity index is 1.79. The Hall–Kier alpha value is -3.76. The van der Waals surface area contributed by atoms with Gasteiger partial charge in [0.2, 0.25) is 0 Å². The molecule has 8 heteroatoms. The number of hydrogen-bond donors (Lipinski definition) is 2. The summed E-state index contributed by atoms with van der Waals surface area (Å²) in [5, 5.41) is 16.3. The largest absolute Gasteiger partial charge is 0.465 e. The number of hydrogen-bond acceptors (Lipinski definition) is 5. The Morgan fingerprint density at radius 2 is 1.93 bits per heavy atom. The zero-order valence-electron chi connectivity index (χ0n) is 14.7. The zero-order valence-corrected chi connectivity index (χ0v) is 15.5. The van der Waals surface area contributed by atoms with Gasteiger partial charge in [-0.25, -0.2) is 14.3 Å². The maximum atomic E-state index is 11.6. The van der Waals surface area contributed by atoms with Crippen LogP contribution in [-0.2, 0) is 4.74 Å². The molecule has 0 atom stereocenters. The van der Waals surface area contributed by atoms with E-state index in [1.54, 1.807) is 47.1 Å². The molecule has 0 bridgehead atoms.